The van der Waals surface area contributed by atoms with Crippen LogP contribution in [0.2, 0.25) is 0 Å². The number of hydrogen-bond donors (Lipinski definition) is 2. The van der Waals surface area contributed by atoms with E-state index in [2.05, 4.69) is 17.2 Å². The van der Waals surface area contributed by atoms with Crippen LogP contribution >= 0.6 is 0 Å². The Hall–Kier alpha value is -3.03. The third-order valence-corrected chi connectivity index (χ3v) is 4.50. The summed E-state index contributed by atoms with van der Waals surface area (Å²) >= 11 is 0. The van der Waals surface area contributed by atoms with Crippen molar-refractivity contribution in [3.8, 4) is 0 Å². The molecule has 35 heavy (non-hydrogen) atoms. The van der Waals surface area contributed by atoms with Crippen LogP contribution in [0, 0.1) is 0 Å². The molecule has 2 N–H and O–H groups in total. The number of rotatable bonds is 13. The number of carbonyl (C=O) groups excluding carboxylic acids is 5. The molecule has 1 aliphatic rings. The molecule has 0 bridgehead atoms. The van der Waals surface area contributed by atoms with Gasteiger partial charge >= 0.3 is 17.9 Å². The smallest absolute Gasteiger partial charge is 0.303 e. The van der Waals surface area contributed by atoms with E-state index in [1.165, 1.54) is 13.8 Å². The van der Waals surface area contributed by atoms with Gasteiger partial charge in [0.05, 0.1) is 19.8 Å². The lowest BCUT2D eigenvalue weighted by Crippen LogP contribution is -2.66. The van der Waals surface area contributed by atoms with Crippen LogP contribution in [0.1, 0.15) is 34.6 Å². The van der Waals surface area contributed by atoms with Gasteiger partial charge in [0.25, 0.3) is 0 Å². The summed E-state index contributed by atoms with van der Waals surface area (Å²) in [5.41, 5.74) is 0.379. The van der Waals surface area contributed by atoms with E-state index in [1.807, 2.05) is 0 Å². The highest BCUT2D eigenvalue weighted by Gasteiger charge is 2.51. The second kappa shape index (κ2) is 15.1. The molecule has 3 unspecified atom stereocenters. The van der Waals surface area contributed by atoms with Crippen LogP contribution in [0.4, 0.5) is 0 Å². The van der Waals surface area contributed by atoms with Crippen molar-refractivity contribution < 1.29 is 52.4 Å². The Balaban J connectivity index is 2.91. The number of ether oxygens (including phenoxy) is 6. The lowest BCUT2D eigenvalue weighted by atomic mass is 9.96. The summed E-state index contributed by atoms with van der Waals surface area (Å²) in [4.78, 5) is 58.2. The summed E-state index contributed by atoms with van der Waals surface area (Å²) in [5, 5.41) is 5.21. The molecule has 1 aliphatic heterocycles. The van der Waals surface area contributed by atoms with E-state index < -0.39 is 54.5 Å². The quantitative estimate of drug-likeness (QED) is 0.142. The van der Waals surface area contributed by atoms with Crippen LogP contribution in [0.15, 0.2) is 12.2 Å². The van der Waals surface area contributed by atoms with E-state index >= 15 is 0 Å². The van der Waals surface area contributed by atoms with Crippen molar-refractivity contribution in [3.05, 3.63) is 12.2 Å². The molecule has 1 saturated heterocycles. The van der Waals surface area contributed by atoms with Crippen LogP contribution in [-0.2, 0) is 52.4 Å². The SMILES string of the molecule is C=C(C)C(=O)NCCOCCO[C@@H]1OC(COC(C)=O)[C@H](OC(C)=O)C(OC(C)=O)C1NC(C)=O. The van der Waals surface area contributed by atoms with Crippen molar-refractivity contribution in [2.75, 3.05) is 33.0 Å². The van der Waals surface area contributed by atoms with Crippen molar-refractivity contribution in [1.82, 2.24) is 10.6 Å². The first-order valence-corrected chi connectivity index (χ1v) is 11.0. The number of amides is 2. The second-order valence-electron chi connectivity index (χ2n) is 7.74. The molecule has 1 fully saturated rings. The van der Waals surface area contributed by atoms with E-state index in [0.717, 1.165) is 13.8 Å². The molecule has 2 amide bonds. The molecule has 13 heteroatoms. The summed E-state index contributed by atoms with van der Waals surface area (Å²) in [6, 6.07) is -1.05. The molecular formula is C22H34N2O11. The summed E-state index contributed by atoms with van der Waals surface area (Å²) in [5.74, 6) is -2.76. The maximum atomic E-state index is 11.9. The number of esters is 3. The molecule has 5 atom stereocenters. The zero-order valence-corrected chi connectivity index (χ0v) is 20.6. The molecule has 0 aromatic rings. The van der Waals surface area contributed by atoms with Gasteiger partial charge in [0.15, 0.2) is 18.5 Å². The minimum Gasteiger partial charge on any atom is -0.463 e. The third kappa shape index (κ3) is 11.3. The highest BCUT2D eigenvalue weighted by molar-refractivity contribution is 5.92. The average Bonchev–Trinajstić information content (AvgIpc) is 2.74. The van der Waals surface area contributed by atoms with Crippen molar-refractivity contribution in [1.29, 1.82) is 0 Å². The van der Waals surface area contributed by atoms with E-state index in [0.29, 0.717) is 5.57 Å². The predicted octanol–water partition coefficient (Wildman–Crippen LogP) is -0.632. The van der Waals surface area contributed by atoms with Gasteiger partial charge in [-0.1, -0.05) is 6.58 Å². The van der Waals surface area contributed by atoms with Crippen molar-refractivity contribution in [2.24, 2.45) is 0 Å². The predicted molar refractivity (Wildman–Crippen MR) is 119 cm³/mol. The number of carbonyl (C=O) groups is 5. The lowest BCUT2D eigenvalue weighted by molar-refractivity contribution is -0.279. The summed E-state index contributed by atoms with van der Waals surface area (Å²) in [7, 11) is 0. The highest BCUT2D eigenvalue weighted by Crippen LogP contribution is 2.28. The second-order valence-corrected chi connectivity index (χ2v) is 7.74. The van der Waals surface area contributed by atoms with Crippen LogP contribution in [0.25, 0.3) is 0 Å². The lowest BCUT2D eigenvalue weighted by Gasteiger charge is -2.44. The first-order valence-electron chi connectivity index (χ1n) is 11.0. The normalized spacial score (nSPS) is 23.5. The summed E-state index contributed by atoms with van der Waals surface area (Å²) < 4.78 is 32.7. The number of nitrogens with one attached hydrogen (secondary N) is 2. The summed E-state index contributed by atoms with van der Waals surface area (Å²) in [6.45, 7) is 10.1. The van der Waals surface area contributed by atoms with E-state index in [-0.39, 0.29) is 38.9 Å². The number of hydrogen-bond acceptors (Lipinski definition) is 11. The fourth-order valence-electron chi connectivity index (χ4n) is 3.15. The fourth-order valence-corrected chi connectivity index (χ4v) is 3.15. The average molecular weight is 503 g/mol. The van der Waals surface area contributed by atoms with Gasteiger partial charge in [-0.3, -0.25) is 24.0 Å². The maximum absolute atomic E-state index is 11.9. The van der Waals surface area contributed by atoms with Gasteiger partial charge in [-0.05, 0) is 6.92 Å². The Morgan fingerprint density at radius 3 is 2.03 bits per heavy atom. The van der Waals surface area contributed by atoms with Gasteiger partial charge in [-0.15, -0.1) is 0 Å². The molecule has 1 heterocycles. The Kier molecular flexibility index (Phi) is 12.9. The van der Waals surface area contributed by atoms with Crippen molar-refractivity contribution in [3.63, 3.8) is 0 Å². The van der Waals surface area contributed by atoms with Gasteiger partial charge < -0.3 is 39.1 Å². The molecule has 0 radical (unpaired) electrons. The Bertz CT molecular complexity index is 785. The molecule has 0 spiro atoms. The molecule has 13 nitrogen and oxygen atoms in total. The molecule has 0 saturated carbocycles. The Labute approximate surface area is 203 Å². The fraction of sp³-hybridized carbons (Fsp3) is 0.682. The van der Waals surface area contributed by atoms with Gasteiger partial charge in [0.1, 0.15) is 18.8 Å². The topological polar surface area (TPSA) is 165 Å². The zero-order chi connectivity index (χ0) is 26.5. The maximum Gasteiger partial charge on any atom is 0.303 e. The molecule has 0 aliphatic carbocycles. The molecule has 0 aromatic heterocycles. The van der Waals surface area contributed by atoms with Crippen LogP contribution in [-0.4, -0.2) is 93.3 Å². The van der Waals surface area contributed by atoms with Gasteiger partial charge in [-0.2, -0.15) is 0 Å². The van der Waals surface area contributed by atoms with Crippen LogP contribution in [0.5, 0.6) is 0 Å². The molecule has 0 aromatic carbocycles. The van der Waals surface area contributed by atoms with E-state index in [1.54, 1.807) is 6.92 Å². The first-order chi connectivity index (χ1) is 16.4. The van der Waals surface area contributed by atoms with E-state index in [4.69, 9.17) is 28.4 Å². The van der Waals surface area contributed by atoms with Crippen molar-refractivity contribution >= 4 is 29.7 Å². The van der Waals surface area contributed by atoms with Crippen LogP contribution < -0.4 is 10.6 Å². The molecule has 1 rings (SSSR count). The Morgan fingerprint density at radius 2 is 1.49 bits per heavy atom. The van der Waals surface area contributed by atoms with Crippen molar-refractivity contribution in [2.45, 2.75) is 65.3 Å². The highest BCUT2D eigenvalue weighted by atomic mass is 16.7. The third-order valence-electron chi connectivity index (χ3n) is 4.50. The van der Waals surface area contributed by atoms with Gasteiger partial charge in [0.2, 0.25) is 11.8 Å². The van der Waals surface area contributed by atoms with Gasteiger partial charge in [0, 0.05) is 39.8 Å². The minimum atomic E-state index is -1.20. The summed E-state index contributed by atoms with van der Waals surface area (Å²) in [6.07, 6.45) is -4.61. The molecular weight excluding hydrogens is 468 g/mol. The first kappa shape index (κ1) is 30.0. The standard InChI is InChI=1S/C22H34N2O11/c1-12(2)21(29)23-7-8-30-9-10-31-22-18(24-13(3)25)20(34-16(6)28)19(33-15(5)27)17(35-22)11-32-14(4)26/h17-20,22H,1,7-11H2,2-6H3,(H,23,29)(H,24,25)/t17?,18?,19-,20?,22+/m0/s1. The minimum absolute atomic E-state index is 0.000489. The zero-order valence-electron chi connectivity index (χ0n) is 20.6. The monoisotopic (exact) mass is 502 g/mol. The van der Waals surface area contributed by atoms with Crippen LogP contribution in [0.3, 0.4) is 0 Å². The largest absolute Gasteiger partial charge is 0.463 e. The Morgan fingerprint density at radius 1 is 0.857 bits per heavy atom. The van der Waals surface area contributed by atoms with Gasteiger partial charge in [-0.25, -0.2) is 0 Å². The molecule has 198 valence electrons. The van der Waals surface area contributed by atoms with E-state index in [9.17, 15) is 24.0 Å².